The van der Waals surface area contributed by atoms with Crippen molar-refractivity contribution < 1.29 is 13.2 Å². The minimum absolute atomic E-state index is 0.0359. The Kier molecular flexibility index (Phi) is 2.26. The lowest BCUT2D eigenvalue weighted by Gasteiger charge is -2.11. The number of aryl methyl sites for hydroxylation is 1. The molecule has 0 bridgehead atoms. The van der Waals surface area contributed by atoms with Crippen molar-refractivity contribution in [2.75, 3.05) is 0 Å². The zero-order chi connectivity index (χ0) is 11.2. The van der Waals surface area contributed by atoms with Crippen LogP contribution in [0.3, 0.4) is 0 Å². The van der Waals surface area contributed by atoms with Gasteiger partial charge in [-0.1, -0.05) is 12.1 Å². The van der Waals surface area contributed by atoms with Crippen molar-refractivity contribution in [3.05, 3.63) is 34.9 Å². The van der Waals surface area contributed by atoms with E-state index >= 15 is 0 Å². The van der Waals surface area contributed by atoms with Gasteiger partial charge in [-0.3, -0.25) is 0 Å². The number of alkyl halides is 3. The van der Waals surface area contributed by atoms with Gasteiger partial charge in [0.15, 0.2) is 0 Å². The maximum atomic E-state index is 12.6. The molecule has 0 spiro atoms. The minimum Gasteiger partial charge on any atom is -0.327 e. The lowest BCUT2D eigenvalue weighted by Crippen LogP contribution is -2.09. The van der Waals surface area contributed by atoms with Gasteiger partial charge in [-0.25, -0.2) is 0 Å². The van der Waals surface area contributed by atoms with Gasteiger partial charge >= 0.3 is 6.18 Å². The summed E-state index contributed by atoms with van der Waals surface area (Å²) in [5, 5.41) is 0. The van der Waals surface area contributed by atoms with Gasteiger partial charge in [-0.15, -0.1) is 0 Å². The van der Waals surface area contributed by atoms with Crippen molar-refractivity contribution in [3.8, 4) is 0 Å². The van der Waals surface area contributed by atoms with Gasteiger partial charge in [0.25, 0.3) is 0 Å². The van der Waals surface area contributed by atoms with Crippen LogP contribution in [0.1, 0.15) is 29.0 Å². The number of benzene rings is 1. The maximum absolute atomic E-state index is 12.6. The number of hydrogen-bond donors (Lipinski definition) is 1. The second-order valence-corrected chi connectivity index (χ2v) is 4.08. The predicted molar refractivity (Wildman–Crippen MR) is 51.5 cm³/mol. The average molecular weight is 215 g/mol. The highest BCUT2D eigenvalue weighted by Gasteiger charge is 2.38. The van der Waals surface area contributed by atoms with E-state index in [9.17, 15) is 13.2 Å². The Morgan fingerprint density at radius 3 is 2.40 bits per heavy atom. The van der Waals surface area contributed by atoms with Crippen LogP contribution in [0.2, 0.25) is 0 Å². The van der Waals surface area contributed by atoms with Gasteiger partial charge in [-0.2, -0.15) is 13.2 Å². The molecule has 2 atom stereocenters. The van der Waals surface area contributed by atoms with Crippen molar-refractivity contribution in [2.24, 2.45) is 5.73 Å². The van der Waals surface area contributed by atoms with Crippen molar-refractivity contribution in [1.29, 1.82) is 0 Å². The van der Waals surface area contributed by atoms with E-state index in [1.54, 1.807) is 6.07 Å². The highest BCUT2D eigenvalue weighted by molar-refractivity contribution is 5.37. The van der Waals surface area contributed by atoms with Crippen LogP contribution in [-0.4, -0.2) is 6.04 Å². The summed E-state index contributed by atoms with van der Waals surface area (Å²) in [6.07, 6.45) is -3.47. The van der Waals surface area contributed by atoms with Gasteiger partial charge in [0.2, 0.25) is 0 Å². The lowest BCUT2D eigenvalue weighted by atomic mass is 10.0. The molecule has 0 amide bonds. The number of rotatable bonds is 1. The van der Waals surface area contributed by atoms with Crippen LogP contribution in [-0.2, 0) is 6.18 Å². The van der Waals surface area contributed by atoms with Crippen molar-refractivity contribution in [1.82, 2.24) is 0 Å². The van der Waals surface area contributed by atoms with Crippen LogP contribution in [0.25, 0.3) is 0 Å². The predicted octanol–water partition coefficient (Wildman–Crippen LogP) is 2.83. The summed E-state index contributed by atoms with van der Waals surface area (Å²) >= 11 is 0. The summed E-state index contributed by atoms with van der Waals surface area (Å²) in [5.74, 6) is 0.117. The van der Waals surface area contributed by atoms with Crippen LogP contribution >= 0.6 is 0 Å². The van der Waals surface area contributed by atoms with Crippen LogP contribution < -0.4 is 5.73 Å². The van der Waals surface area contributed by atoms with Crippen molar-refractivity contribution >= 4 is 0 Å². The first kappa shape index (κ1) is 10.5. The molecule has 82 valence electrons. The fraction of sp³-hybridized carbons (Fsp3) is 0.455. The third kappa shape index (κ3) is 2.00. The molecule has 1 aromatic rings. The number of halogens is 3. The van der Waals surface area contributed by atoms with Crippen molar-refractivity contribution in [3.63, 3.8) is 0 Å². The maximum Gasteiger partial charge on any atom is 0.416 e. The smallest absolute Gasteiger partial charge is 0.327 e. The fourth-order valence-electron chi connectivity index (χ4n) is 1.77. The summed E-state index contributed by atoms with van der Waals surface area (Å²) < 4.78 is 37.7. The first-order valence-corrected chi connectivity index (χ1v) is 4.83. The summed E-state index contributed by atoms with van der Waals surface area (Å²) in [4.78, 5) is 0. The number of hydrogen-bond acceptors (Lipinski definition) is 1. The van der Waals surface area contributed by atoms with E-state index in [2.05, 4.69) is 0 Å². The van der Waals surface area contributed by atoms with Crippen LogP contribution in [0, 0.1) is 6.92 Å². The molecule has 0 saturated heterocycles. The Morgan fingerprint density at radius 1 is 1.33 bits per heavy atom. The molecule has 1 fully saturated rings. The molecule has 1 aliphatic rings. The van der Waals surface area contributed by atoms with Crippen LogP contribution in [0.15, 0.2) is 18.2 Å². The molecule has 1 nitrogen and oxygen atoms in total. The van der Waals surface area contributed by atoms with E-state index in [1.807, 2.05) is 0 Å². The second-order valence-electron chi connectivity index (χ2n) is 4.08. The summed E-state index contributed by atoms with van der Waals surface area (Å²) in [7, 11) is 0. The Balaban J connectivity index is 2.37. The first-order chi connectivity index (χ1) is 6.89. The largest absolute Gasteiger partial charge is 0.416 e. The van der Waals surface area contributed by atoms with E-state index in [0.29, 0.717) is 5.56 Å². The molecule has 2 N–H and O–H groups in total. The van der Waals surface area contributed by atoms with Gasteiger partial charge in [0, 0.05) is 12.0 Å². The van der Waals surface area contributed by atoms with Gasteiger partial charge < -0.3 is 5.73 Å². The molecule has 1 aliphatic carbocycles. The molecule has 1 saturated carbocycles. The Bertz CT molecular complexity index is 384. The molecule has 0 aromatic heterocycles. The topological polar surface area (TPSA) is 26.0 Å². The molecular formula is C11H12F3N. The van der Waals surface area contributed by atoms with Crippen molar-refractivity contribution in [2.45, 2.75) is 31.5 Å². The van der Waals surface area contributed by atoms with E-state index < -0.39 is 11.7 Å². The van der Waals surface area contributed by atoms with Crippen LogP contribution in [0.4, 0.5) is 13.2 Å². The molecule has 2 rings (SSSR count). The summed E-state index contributed by atoms with van der Waals surface area (Å²) in [5.41, 5.74) is 6.04. The minimum atomic E-state index is -4.26. The van der Waals surface area contributed by atoms with Gasteiger partial charge in [-0.05, 0) is 30.5 Å². The molecule has 0 radical (unpaired) electrons. The molecule has 1 aromatic carbocycles. The zero-order valence-electron chi connectivity index (χ0n) is 8.31. The fourth-order valence-corrected chi connectivity index (χ4v) is 1.77. The quantitative estimate of drug-likeness (QED) is 0.765. The van der Waals surface area contributed by atoms with E-state index in [0.717, 1.165) is 6.42 Å². The first-order valence-electron chi connectivity index (χ1n) is 4.83. The third-order valence-corrected chi connectivity index (χ3v) is 2.83. The standard InChI is InChI=1S/C11H12F3N/c1-6-2-3-7(8-5-10(8)15)4-9(6)11(12,13)14/h2-4,8,10H,5,15H2,1H3. The Hall–Kier alpha value is -1.03. The van der Waals surface area contributed by atoms with Gasteiger partial charge in [0.05, 0.1) is 5.56 Å². The molecular weight excluding hydrogens is 203 g/mol. The molecule has 0 aliphatic heterocycles. The summed E-state index contributed by atoms with van der Waals surface area (Å²) in [6.45, 7) is 1.47. The average Bonchev–Trinajstić information content (AvgIpc) is 2.81. The van der Waals surface area contributed by atoms with E-state index in [1.165, 1.54) is 19.1 Å². The summed E-state index contributed by atoms with van der Waals surface area (Å²) in [6, 6.07) is 4.52. The highest BCUT2D eigenvalue weighted by Crippen LogP contribution is 2.41. The van der Waals surface area contributed by atoms with E-state index in [4.69, 9.17) is 5.73 Å². The molecule has 0 heterocycles. The Labute approximate surface area is 86.1 Å². The van der Waals surface area contributed by atoms with Gasteiger partial charge in [0.1, 0.15) is 0 Å². The second kappa shape index (κ2) is 3.23. The molecule has 4 heteroatoms. The Morgan fingerprint density at radius 2 is 1.93 bits per heavy atom. The molecule has 15 heavy (non-hydrogen) atoms. The highest BCUT2D eigenvalue weighted by atomic mass is 19.4. The van der Waals surface area contributed by atoms with E-state index in [-0.39, 0.29) is 17.5 Å². The lowest BCUT2D eigenvalue weighted by molar-refractivity contribution is -0.138. The SMILES string of the molecule is Cc1ccc(C2CC2N)cc1C(F)(F)F. The molecule has 2 unspecified atom stereocenters. The monoisotopic (exact) mass is 215 g/mol. The zero-order valence-corrected chi connectivity index (χ0v) is 8.31. The third-order valence-electron chi connectivity index (χ3n) is 2.83. The number of nitrogens with two attached hydrogens (primary N) is 1. The normalized spacial score (nSPS) is 25.4. The van der Waals surface area contributed by atoms with Crippen LogP contribution in [0.5, 0.6) is 0 Å².